The maximum absolute atomic E-state index is 12.1. The molecule has 6 nitrogen and oxygen atoms in total. The molecular formula is C16H21N5O. The van der Waals surface area contributed by atoms with Gasteiger partial charge in [-0.25, -0.2) is 4.68 Å². The third-order valence-electron chi connectivity index (χ3n) is 3.72. The molecule has 0 saturated carbocycles. The van der Waals surface area contributed by atoms with Crippen LogP contribution >= 0.6 is 0 Å². The molecule has 0 unspecified atom stereocenters. The van der Waals surface area contributed by atoms with Gasteiger partial charge in [-0.2, -0.15) is 0 Å². The highest BCUT2D eigenvalue weighted by Gasteiger charge is 2.22. The number of benzene rings is 1. The van der Waals surface area contributed by atoms with Gasteiger partial charge in [0.1, 0.15) is 6.54 Å². The first-order valence-corrected chi connectivity index (χ1v) is 7.59. The molecule has 0 bridgehead atoms. The number of rotatable bonds is 5. The Bertz CT molecular complexity index is 651. The molecule has 0 fully saturated rings. The van der Waals surface area contributed by atoms with Crippen LogP contribution in [0.2, 0.25) is 0 Å². The molecule has 2 heterocycles. The first-order valence-electron chi connectivity index (χ1n) is 7.59. The van der Waals surface area contributed by atoms with Crippen LogP contribution in [0, 0.1) is 5.92 Å². The number of carbonyl (C=O) groups excluding carboxylic acids is 1. The van der Waals surface area contributed by atoms with Crippen LogP contribution in [0.4, 0.5) is 5.69 Å². The fraction of sp³-hybridized carbons (Fsp3) is 0.438. The van der Waals surface area contributed by atoms with Gasteiger partial charge in [0.05, 0.1) is 6.20 Å². The molecule has 0 radical (unpaired) electrons. The molecule has 22 heavy (non-hydrogen) atoms. The maximum atomic E-state index is 12.1. The summed E-state index contributed by atoms with van der Waals surface area (Å²) in [7, 11) is 0. The van der Waals surface area contributed by atoms with Crippen molar-refractivity contribution in [3.05, 3.63) is 41.7 Å². The van der Waals surface area contributed by atoms with E-state index < -0.39 is 0 Å². The SMILES string of the molecule is CC(C)CN1Cc2cccc(NC(=O)Cn3ccnn3)c2C1. The molecule has 0 spiro atoms. The summed E-state index contributed by atoms with van der Waals surface area (Å²) in [5.41, 5.74) is 3.45. The Morgan fingerprint density at radius 1 is 1.36 bits per heavy atom. The van der Waals surface area contributed by atoms with E-state index >= 15 is 0 Å². The van der Waals surface area contributed by atoms with Gasteiger partial charge in [-0.05, 0) is 23.1 Å². The number of nitrogens with one attached hydrogen (secondary N) is 1. The highest BCUT2D eigenvalue weighted by molar-refractivity contribution is 5.91. The summed E-state index contributed by atoms with van der Waals surface area (Å²) in [4.78, 5) is 14.5. The smallest absolute Gasteiger partial charge is 0.246 e. The van der Waals surface area contributed by atoms with E-state index in [1.165, 1.54) is 15.8 Å². The lowest BCUT2D eigenvalue weighted by atomic mass is 10.1. The number of hydrogen-bond donors (Lipinski definition) is 1. The Kier molecular flexibility index (Phi) is 4.20. The predicted molar refractivity (Wildman–Crippen MR) is 84.0 cm³/mol. The Balaban J connectivity index is 1.69. The van der Waals surface area contributed by atoms with Crippen molar-refractivity contribution in [1.29, 1.82) is 0 Å². The minimum atomic E-state index is -0.0822. The van der Waals surface area contributed by atoms with Crippen LogP contribution in [0.25, 0.3) is 0 Å². The summed E-state index contributed by atoms with van der Waals surface area (Å²) in [5.74, 6) is 0.556. The molecule has 0 saturated heterocycles. The van der Waals surface area contributed by atoms with Gasteiger partial charge in [-0.15, -0.1) is 5.10 Å². The van der Waals surface area contributed by atoms with Crippen LogP contribution in [0.1, 0.15) is 25.0 Å². The van der Waals surface area contributed by atoms with Crippen LogP contribution in [0.5, 0.6) is 0 Å². The first-order chi connectivity index (χ1) is 10.6. The van der Waals surface area contributed by atoms with Crippen molar-refractivity contribution in [2.24, 2.45) is 5.92 Å². The summed E-state index contributed by atoms with van der Waals surface area (Å²) >= 11 is 0. The van der Waals surface area contributed by atoms with E-state index in [-0.39, 0.29) is 12.5 Å². The summed E-state index contributed by atoms with van der Waals surface area (Å²) in [6, 6.07) is 6.11. The van der Waals surface area contributed by atoms with Crippen molar-refractivity contribution in [3.8, 4) is 0 Å². The standard InChI is InChI=1S/C16H21N5O/c1-12(2)8-20-9-13-4-3-5-15(14(13)10-20)18-16(22)11-21-7-6-17-19-21/h3-7,12H,8-11H2,1-2H3,(H,18,22). The molecule has 1 aromatic carbocycles. The summed E-state index contributed by atoms with van der Waals surface area (Å²) < 4.78 is 1.52. The molecule has 2 aromatic rings. The van der Waals surface area contributed by atoms with Gasteiger partial charge < -0.3 is 5.32 Å². The molecule has 1 aromatic heterocycles. The van der Waals surface area contributed by atoms with Gasteiger partial charge in [0, 0.05) is 31.5 Å². The van der Waals surface area contributed by atoms with E-state index in [2.05, 4.69) is 40.4 Å². The first kappa shape index (κ1) is 14.7. The minimum Gasteiger partial charge on any atom is -0.324 e. The van der Waals surface area contributed by atoms with Crippen LogP contribution in [-0.4, -0.2) is 32.3 Å². The van der Waals surface area contributed by atoms with Crippen LogP contribution in [0.3, 0.4) is 0 Å². The van der Waals surface area contributed by atoms with Gasteiger partial charge >= 0.3 is 0 Å². The second-order valence-electron chi connectivity index (χ2n) is 6.16. The summed E-state index contributed by atoms with van der Waals surface area (Å²) in [6.07, 6.45) is 3.25. The molecule has 0 atom stereocenters. The Morgan fingerprint density at radius 2 is 2.23 bits per heavy atom. The molecule has 116 valence electrons. The average Bonchev–Trinajstić information content (AvgIpc) is 3.07. The third kappa shape index (κ3) is 3.33. The van der Waals surface area contributed by atoms with Crippen LogP contribution in [0.15, 0.2) is 30.6 Å². The second-order valence-corrected chi connectivity index (χ2v) is 6.16. The van der Waals surface area contributed by atoms with E-state index in [1.54, 1.807) is 12.4 Å². The van der Waals surface area contributed by atoms with E-state index in [1.807, 2.05) is 12.1 Å². The van der Waals surface area contributed by atoms with Gasteiger partial charge in [0.25, 0.3) is 0 Å². The molecule has 1 amide bonds. The number of nitrogens with zero attached hydrogens (tertiary/aromatic N) is 4. The van der Waals surface area contributed by atoms with Crippen LogP contribution in [-0.2, 0) is 24.4 Å². The normalized spacial score (nSPS) is 14.3. The van der Waals surface area contributed by atoms with Gasteiger partial charge in [0.15, 0.2) is 0 Å². The third-order valence-corrected chi connectivity index (χ3v) is 3.72. The molecule has 1 aliphatic rings. The zero-order valence-corrected chi connectivity index (χ0v) is 13.0. The lowest BCUT2D eigenvalue weighted by Gasteiger charge is -2.17. The highest BCUT2D eigenvalue weighted by atomic mass is 16.2. The number of amides is 1. The monoisotopic (exact) mass is 299 g/mol. The van der Waals surface area contributed by atoms with Crippen molar-refractivity contribution in [2.75, 3.05) is 11.9 Å². The van der Waals surface area contributed by atoms with E-state index in [9.17, 15) is 4.79 Å². The summed E-state index contributed by atoms with van der Waals surface area (Å²) in [5, 5.41) is 10.5. The quantitative estimate of drug-likeness (QED) is 0.916. The summed E-state index contributed by atoms with van der Waals surface area (Å²) in [6.45, 7) is 7.56. The lowest BCUT2D eigenvalue weighted by Crippen LogP contribution is -2.22. The van der Waals surface area contributed by atoms with Crippen molar-refractivity contribution in [1.82, 2.24) is 19.9 Å². The van der Waals surface area contributed by atoms with E-state index in [0.29, 0.717) is 5.92 Å². The fourth-order valence-corrected chi connectivity index (χ4v) is 2.91. The molecule has 1 aliphatic heterocycles. The number of hydrogen-bond acceptors (Lipinski definition) is 4. The molecule has 6 heteroatoms. The second kappa shape index (κ2) is 6.27. The van der Waals surface area contributed by atoms with Crippen molar-refractivity contribution in [3.63, 3.8) is 0 Å². The molecular weight excluding hydrogens is 278 g/mol. The number of carbonyl (C=O) groups is 1. The van der Waals surface area contributed by atoms with Crippen LogP contribution < -0.4 is 5.32 Å². The highest BCUT2D eigenvalue weighted by Crippen LogP contribution is 2.29. The van der Waals surface area contributed by atoms with Crippen molar-refractivity contribution >= 4 is 11.6 Å². The Hall–Kier alpha value is -2.21. The minimum absolute atomic E-state index is 0.0822. The topological polar surface area (TPSA) is 63.1 Å². The number of aromatic nitrogens is 3. The van der Waals surface area contributed by atoms with Gasteiger partial charge in [0.2, 0.25) is 5.91 Å². The van der Waals surface area contributed by atoms with Gasteiger partial charge in [-0.1, -0.05) is 31.2 Å². The molecule has 1 N–H and O–H groups in total. The zero-order chi connectivity index (χ0) is 15.5. The largest absolute Gasteiger partial charge is 0.324 e. The predicted octanol–water partition coefficient (Wildman–Crippen LogP) is 1.89. The molecule has 3 rings (SSSR count). The molecule has 0 aliphatic carbocycles. The Morgan fingerprint density at radius 3 is 2.95 bits per heavy atom. The Labute approximate surface area is 130 Å². The zero-order valence-electron chi connectivity index (χ0n) is 13.0. The van der Waals surface area contributed by atoms with Crippen molar-refractivity contribution < 1.29 is 4.79 Å². The average molecular weight is 299 g/mol. The van der Waals surface area contributed by atoms with E-state index in [0.717, 1.165) is 25.3 Å². The number of fused-ring (bicyclic) bond motifs is 1. The van der Waals surface area contributed by atoms with Gasteiger partial charge in [-0.3, -0.25) is 9.69 Å². The lowest BCUT2D eigenvalue weighted by molar-refractivity contribution is -0.116. The van der Waals surface area contributed by atoms with E-state index in [4.69, 9.17) is 0 Å². The fourth-order valence-electron chi connectivity index (χ4n) is 2.91. The van der Waals surface area contributed by atoms with Crippen molar-refractivity contribution in [2.45, 2.75) is 33.5 Å². The number of anilines is 1. The maximum Gasteiger partial charge on any atom is 0.246 e.